The average molecular weight is 196 g/mol. The van der Waals surface area contributed by atoms with Gasteiger partial charge in [-0.15, -0.1) is 0 Å². The van der Waals surface area contributed by atoms with E-state index in [1.165, 1.54) is 19.1 Å². The van der Waals surface area contributed by atoms with Crippen molar-refractivity contribution in [2.45, 2.75) is 6.92 Å². The molecule has 0 saturated heterocycles. The van der Waals surface area contributed by atoms with Gasteiger partial charge in [-0.05, 0) is 18.2 Å². The van der Waals surface area contributed by atoms with Crippen LogP contribution in [0.4, 0.5) is 10.1 Å². The summed E-state index contributed by atoms with van der Waals surface area (Å²) in [4.78, 5) is 21.3. The van der Waals surface area contributed by atoms with Crippen molar-refractivity contribution in [3.05, 3.63) is 29.6 Å². The third-order valence-corrected chi connectivity index (χ3v) is 1.56. The maximum absolute atomic E-state index is 13.1. The Morgan fingerprint density at radius 2 is 2.07 bits per heavy atom. The lowest BCUT2D eigenvalue weighted by Gasteiger charge is -2.04. The van der Waals surface area contributed by atoms with Gasteiger partial charge in [0.25, 0.3) is 0 Å². The molecule has 0 aromatic heterocycles. The third kappa shape index (κ3) is 2.29. The van der Waals surface area contributed by atoms with Crippen LogP contribution < -0.4 is 11.1 Å². The molecule has 3 N–H and O–H groups in total. The molecule has 2 amide bonds. The number of primary amides is 1. The summed E-state index contributed by atoms with van der Waals surface area (Å²) in [7, 11) is 0. The van der Waals surface area contributed by atoms with Gasteiger partial charge in [-0.3, -0.25) is 9.59 Å². The van der Waals surface area contributed by atoms with Gasteiger partial charge in [-0.1, -0.05) is 0 Å². The van der Waals surface area contributed by atoms with Crippen molar-refractivity contribution >= 4 is 17.5 Å². The molecule has 1 rings (SSSR count). The lowest BCUT2D eigenvalue weighted by Crippen LogP contribution is -2.12. The molecule has 0 spiro atoms. The molecular formula is C9H9FN2O2. The van der Waals surface area contributed by atoms with Gasteiger partial charge >= 0.3 is 0 Å². The highest BCUT2D eigenvalue weighted by Crippen LogP contribution is 2.15. The molecule has 5 heteroatoms. The number of nitrogens with one attached hydrogen (secondary N) is 1. The number of anilines is 1. The molecule has 0 bridgehead atoms. The number of hydrogen-bond donors (Lipinski definition) is 2. The molecule has 0 aliphatic rings. The van der Waals surface area contributed by atoms with Crippen LogP contribution in [0.25, 0.3) is 0 Å². The van der Waals surface area contributed by atoms with Crippen molar-refractivity contribution in [2.24, 2.45) is 5.73 Å². The van der Waals surface area contributed by atoms with Crippen LogP contribution in [0, 0.1) is 5.82 Å². The number of carbonyl (C=O) groups excluding carboxylic acids is 2. The molecule has 0 unspecified atom stereocenters. The molecular weight excluding hydrogens is 187 g/mol. The van der Waals surface area contributed by atoms with Gasteiger partial charge in [-0.2, -0.15) is 0 Å². The molecule has 74 valence electrons. The summed E-state index contributed by atoms with van der Waals surface area (Å²) in [6, 6.07) is 3.61. The molecule has 4 nitrogen and oxygen atoms in total. The van der Waals surface area contributed by atoms with Crippen molar-refractivity contribution in [2.75, 3.05) is 5.32 Å². The second kappa shape index (κ2) is 3.87. The minimum atomic E-state index is -0.710. The summed E-state index contributed by atoms with van der Waals surface area (Å²) in [6.07, 6.45) is 0. The monoisotopic (exact) mass is 196 g/mol. The summed E-state index contributed by atoms with van der Waals surface area (Å²) in [6.45, 7) is 1.27. The summed E-state index contributed by atoms with van der Waals surface area (Å²) in [5, 5.41) is 2.27. The first kappa shape index (κ1) is 10.2. The molecule has 0 fully saturated rings. The number of benzene rings is 1. The summed E-state index contributed by atoms with van der Waals surface area (Å²) in [5.41, 5.74) is 5.04. The molecule has 1 aromatic carbocycles. The predicted octanol–water partition coefficient (Wildman–Crippen LogP) is 0.883. The topological polar surface area (TPSA) is 72.2 Å². The molecule has 0 heterocycles. The number of halogens is 1. The van der Waals surface area contributed by atoms with Crippen LogP contribution in [0.15, 0.2) is 18.2 Å². The summed E-state index contributed by atoms with van der Waals surface area (Å²) >= 11 is 0. The van der Waals surface area contributed by atoms with E-state index in [1.807, 2.05) is 0 Å². The van der Waals surface area contributed by atoms with Crippen molar-refractivity contribution in [3.63, 3.8) is 0 Å². The van der Waals surface area contributed by atoms with Crippen LogP contribution >= 0.6 is 0 Å². The number of amides is 2. The van der Waals surface area contributed by atoms with Crippen LogP contribution in [0.2, 0.25) is 0 Å². The zero-order chi connectivity index (χ0) is 10.7. The van der Waals surface area contributed by atoms with Crippen LogP contribution in [-0.2, 0) is 4.79 Å². The Morgan fingerprint density at radius 1 is 1.43 bits per heavy atom. The number of rotatable bonds is 2. The SMILES string of the molecule is CC(=O)Nc1ccc(C(N)=O)cc1F. The van der Waals surface area contributed by atoms with E-state index < -0.39 is 11.7 Å². The fraction of sp³-hybridized carbons (Fsp3) is 0.111. The average Bonchev–Trinajstić information content (AvgIpc) is 2.07. The standard InChI is InChI=1S/C9H9FN2O2/c1-5(13)12-8-3-2-6(9(11)14)4-7(8)10/h2-4H,1H3,(H2,11,14)(H,12,13). The van der Waals surface area contributed by atoms with Crippen molar-refractivity contribution in [1.82, 2.24) is 0 Å². The van der Waals surface area contributed by atoms with E-state index in [-0.39, 0.29) is 17.2 Å². The number of hydrogen-bond acceptors (Lipinski definition) is 2. The van der Waals surface area contributed by atoms with Crippen LogP contribution in [-0.4, -0.2) is 11.8 Å². The first-order chi connectivity index (χ1) is 6.50. The Kier molecular flexibility index (Phi) is 2.81. The fourth-order valence-electron chi connectivity index (χ4n) is 0.959. The quantitative estimate of drug-likeness (QED) is 0.737. The largest absolute Gasteiger partial charge is 0.366 e. The minimum Gasteiger partial charge on any atom is -0.366 e. The zero-order valence-electron chi connectivity index (χ0n) is 7.50. The number of nitrogens with two attached hydrogens (primary N) is 1. The maximum atomic E-state index is 13.1. The lowest BCUT2D eigenvalue weighted by molar-refractivity contribution is -0.114. The van der Waals surface area contributed by atoms with Gasteiger partial charge in [0.2, 0.25) is 11.8 Å². The summed E-state index contributed by atoms with van der Waals surface area (Å²) in [5.74, 6) is -1.77. The van der Waals surface area contributed by atoms with Gasteiger partial charge in [0.15, 0.2) is 0 Å². The smallest absolute Gasteiger partial charge is 0.248 e. The normalized spacial score (nSPS) is 9.57. The van der Waals surface area contributed by atoms with E-state index in [0.29, 0.717) is 0 Å². The molecule has 1 aromatic rings. The Hall–Kier alpha value is -1.91. The summed E-state index contributed by atoms with van der Waals surface area (Å²) < 4.78 is 13.1. The second-order valence-electron chi connectivity index (χ2n) is 2.74. The van der Waals surface area contributed by atoms with Crippen molar-refractivity contribution in [1.29, 1.82) is 0 Å². The predicted molar refractivity (Wildman–Crippen MR) is 49.2 cm³/mol. The van der Waals surface area contributed by atoms with Crippen molar-refractivity contribution < 1.29 is 14.0 Å². The molecule has 0 radical (unpaired) electrons. The highest BCUT2D eigenvalue weighted by molar-refractivity contribution is 5.94. The van der Waals surface area contributed by atoms with Gasteiger partial charge in [0.05, 0.1) is 5.69 Å². The first-order valence-electron chi connectivity index (χ1n) is 3.87. The van der Waals surface area contributed by atoms with Crippen LogP contribution in [0.1, 0.15) is 17.3 Å². The van der Waals surface area contributed by atoms with Gasteiger partial charge in [-0.25, -0.2) is 4.39 Å². The Morgan fingerprint density at radius 3 is 2.50 bits per heavy atom. The van der Waals surface area contributed by atoms with E-state index in [9.17, 15) is 14.0 Å². The maximum Gasteiger partial charge on any atom is 0.248 e. The van der Waals surface area contributed by atoms with E-state index >= 15 is 0 Å². The Labute approximate surface area is 79.9 Å². The van der Waals surface area contributed by atoms with Gasteiger partial charge < -0.3 is 11.1 Å². The molecule has 14 heavy (non-hydrogen) atoms. The minimum absolute atomic E-state index is 0.0301. The molecule has 0 saturated carbocycles. The van der Waals surface area contributed by atoms with E-state index in [0.717, 1.165) is 6.07 Å². The van der Waals surface area contributed by atoms with E-state index in [2.05, 4.69) is 5.32 Å². The van der Waals surface area contributed by atoms with Crippen molar-refractivity contribution in [3.8, 4) is 0 Å². The third-order valence-electron chi connectivity index (χ3n) is 1.56. The first-order valence-corrected chi connectivity index (χ1v) is 3.87. The lowest BCUT2D eigenvalue weighted by atomic mass is 10.2. The van der Waals surface area contributed by atoms with Crippen LogP contribution in [0.3, 0.4) is 0 Å². The second-order valence-corrected chi connectivity index (χ2v) is 2.74. The highest BCUT2D eigenvalue weighted by Gasteiger charge is 2.07. The highest BCUT2D eigenvalue weighted by atomic mass is 19.1. The zero-order valence-corrected chi connectivity index (χ0v) is 7.50. The molecule has 0 atom stereocenters. The van der Waals surface area contributed by atoms with E-state index in [4.69, 9.17) is 5.73 Å². The Bertz CT molecular complexity index is 390. The molecule has 0 aliphatic heterocycles. The van der Waals surface area contributed by atoms with Gasteiger partial charge in [0, 0.05) is 12.5 Å². The number of carbonyl (C=O) groups is 2. The fourth-order valence-corrected chi connectivity index (χ4v) is 0.959. The Balaban J connectivity index is 3.01. The molecule has 0 aliphatic carbocycles. The van der Waals surface area contributed by atoms with Crippen LogP contribution in [0.5, 0.6) is 0 Å². The van der Waals surface area contributed by atoms with Gasteiger partial charge in [0.1, 0.15) is 5.82 Å². The van der Waals surface area contributed by atoms with E-state index in [1.54, 1.807) is 0 Å².